The maximum atomic E-state index is 4.18. The summed E-state index contributed by atoms with van der Waals surface area (Å²) in [5.74, 6) is 1.13. The lowest BCUT2D eigenvalue weighted by atomic mass is 10.1. The van der Waals surface area contributed by atoms with Gasteiger partial charge in [0.2, 0.25) is 0 Å². The van der Waals surface area contributed by atoms with Crippen molar-refractivity contribution in [1.29, 1.82) is 0 Å². The molecule has 0 saturated carbocycles. The molecular weight excluding hydrogens is 220 g/mol. The molecule has 92 valence electrons. The first-order valence-electron chi connectivity index (χ1n) is 5.94. The minimum atomic E-state index is 0.643. The summed E-state index contributed by atoms with van der Waals surface area (Å²) in [6.45, 7) is 5.47. The van der Waals surface area contributed by atoms with Crippen molar-refractivity contribution in [2.45, 2.75) is 44.3 Å². The number of hydrogen-bond acceptors (Lipinski definition) is 4. The van der Waals surface area contributed by atoms with E-state index in [2.05, 4.69) is 29.2 Å². The second-order valence-electron chi connectivity index (χ2n) is 3.97. The van der Waals surface area contributed by atoms with Crippen LogP contribution >= 0.6 is 11.8 Å². The number of aromatic nitrogens is 3. The Balaban J connectivity index is 2.02. The monoisotopic (exact) mass is 242 g/mol. The second-order valence-corrected chi connectivity index (χ2v) is 5.03. The molecule has 0 radical (unpaired) electrons. The Kier molecular flexibility index (Phi) is 6.49. The zero-order chi connectivity index (χ0) is 11.8. The number of nitrogens with zero attached hydrogens (tertiary/aromatic N) is 3. The van der Waals surface area contributed by atoms with E-state index >= 15 is 0 Å². The van der Waals surface area contributed by atoms with Crippen molar-refractivity contribution >= 4 is 11.8 Å². The van der Waals surface area contributed by atoms with Gasteiger partial charge >= 0.3 is 0 Å². The highest BCUT2D eigenvalue weighted by molar-refractivity contribution is 7.99. The molecule has 0 aromatic carbocycles. The van der Waals surface area contributed by atoms with Crippen LogP contribution in [0.5, 0.6) is 0 Å². The van der Waals surface area contributed by atoms with E-state index in [1.807, 2.05) is 11.7 Å². The summed E-state index contributed by atoms with van der Waals surface area (Å²) >= 11 is 1.79. The molecule has 1 heterocycles. The lowest BCUT2D eigenvalue weighted by Gasteiger charge is -2.11. The van der Waals surface area contributed by atoms with Crippen molar-refractivity contribution in [1.82, 2.24) is 20.1 Å². The van der Waals surface area contributed by atoms with E-state index in [1.165, 1.54) is 19.3 Å². The highest BCUT2D eigenvalue weighted by Gasteiger charge is 2.02. The molecule has 0 bridgehead atoms. The van der Waals surface area contributed by atoms with Crippen molar-refractivity contribution in [3.05, 3.63) is 6.33 Å². The van der Waals surface area contributed by atoms with E-state index in [-0.39, 0.29) is 0 Å². The molecule has 4 nitrogen and oxygen atoms in total. The van der Waals surface area contributed by atoms with Crippen molar-refractivity contribution in [3.8, 4) is 0 Å². The number of aryl methyl sites for hydroxylation is 1. The van der Waals surface area contributed by atoms with Crippen molar-refractivity contribution in [2.24, 2.45) is 7.05 Å². The van der Waals surface area contributed by atoms with E-state index in [9.17, 15) is 0 Å². The Labute approximate surface area is 102 Å². The summed E-state index contributed by atoms with van der Waals surface area (Å²) in [4.78, 5) is 4.18. The van der Waals surface area contributed by atoms with Crippen molar-refractivity contribution in [3.63, 3.8) is 0 Å². The zero-order valence-corrected chi connectivity index (χ0v) is 11.3. The Bertz CT molecular complexity index is 287. The molecule has 0 aliphatic rings. The van der Waals surface area contributed by atoms with Gasteiger partial charge in [-0.2, -0.15) is 5.10 Å². The number of unbranched alkanes of at least 4 members (excludes halogenated alkanes) is 1. The molecule has 0 fully saturated rings. The number of thioether (sulfide) groups is 1. The fourth-order valence-electron chi connectivity index (χ4n) is 1.58. The van der Waals surface area contributed by atoms with Gasteiger partial charge in [0.25, 0.3) is 0 Å². The van der Waals surface area contributed by atoms with Gasteiger partial charge in [-0.1, -0.05) is 25.1 Å². The van der Waals surface area contributed by atoms with E-state index in [0.717, 1.165) is 17.5 Å². The quantitative estimate of drug-likeness (QED) is 0.560. The SMILES string of the molecule is CCNC(C)CCCCSc1ncnn1C. The molecule has 1 aromatic heterocycles. The third kappa shape index (κ3) is 4.99. The zero-order valence-electron chi connectivity index (χ0n) is 10.4. The molecule has 1 unspecified atom stereocenters. The van der Waals surface area contributed by atoms with Crippen LogP contribution in [0.4, 0.5) is 0 Å². The van der Waals surface area contributed by atoms with Gasteiger partial charge in [0.15, 0.2) is 5.16 Å². The first-order chi connectivity index (χ1) is 7.74. The van der Waals surface area contributed by atoms with Crippen LogP contribution in [0.15, 0.2) is 11.5 Å². The summed E-state index contributed by atoms with van der Waals surface area (Å²) in [6.07, 6.45) is 5.38. The van der Waals surface area contributed by atoms with Crippen LogP contribution in [0.3, 0.4) is 0 Å². The minimum Gasteiger partial charge on any atom is -0.315 e. The maximum Gasteiger partial charge on any atom is 0.185 e. The van der Waals surface area contributed by atoms with Crippen LogP contribution in [0.25, 0.3) is 0 Å². The molecule has 0 spiro atoms. The lowest BCUT2D eigenvalue weighted by Crippen LogP contribution is -2.25. The van der Waals surface area contributed by atoms with E-state index in [1.54, 1.807) is 18.1 Å². The molecule has 0 aliphatic heterocycles. The second kappa shape index (κ2) is 7.68. The Hall–Kier alpha value is -0.550. The Morgan fingerprint density at radius 3 is 2.94 bits per heavy atom. The van der Waals surface area contributed by atoms with Gasteiger partial charge in [-0.05, 0) is 26.3 Å². The van der Waals surface area contributed by atoms with Gasteiger partial charge in [-0.25, -0.2) is 9.67 Å². The molecular formula is C11H22N4S. The molecule has 0 saturated heterocycles. The van der Waals surface area contributed by atoms with Gasteiger partial charge in [0, 0.05) is 18.8 Å². The molecule has 1 aromatic rings. The summed E-state index contributed by atoms with van der Waals surface area (Å²) in [5, 5.41) is 8.48. The summed E-state index contributed by atoms with van der Waals surface area (Å²) in [5.41, 5.74) is 0. The van der Waals surface area contributed by atoms with Gasteiger partial charge in [0.05, 0.1) is 0 Å². The van der Waals surface area contributed by atoms with Gasteiger partial charge in [-0.3, -0.25) is 0 Å². The standard InChI is InChI=1S/C11H22N4S/c1-4-12-10(2)7-5-6-8-16-11-13-9-14-15(11)3/h9-10,12H,4-8H2,1-3H3. The smallest absolute Gasteiger partial charge is 0.185 e. The van der Waals surface area contributed by atoms with Crippen LogP contribution in [0.2, 0.25) is 0 Å². The summed E-state index contributed by atoms with van der Waals surface area (Å²) in [7, 11) is 1.93. The van der Waals surface area contributed by atoms with Crippen LogP contribution in [-0.2, 0) is 7.05 Å². The molecule has 16 heavy (non-hydrogen) atoms. The van der Waals surface area contributed by atoms with E-state index < -0.39 is 0 Å². The topological polar surface area (TPSA) is 42.7 Å². The average Bonchev–Trinajstić information content (AvgIpc) is 2.64. The molecule has 1 N–H and O–H groups in total. The molecule has 5 heteroatoms. The van der Waals surface area contributed by atoms with Gasteiger partial charge in [-0.15, -0.1) is 0 Å². The van der Waals surface area contributed by atoms with E-state index in [4.69, 9.17) is 0 Å². The van der Waals surface area contributed by atoms with Crippen molar-refractivity contribution < 1.29 is 0 Å². The molecule has 1 atom stereocenters. The molecule has 0 aliphatic carbocycles. The van der Waals surface area contributed by atoms with Crippen LogP contribution in [0.1, 0.15) is 33.1 Å². The average molecular weight is 242 g/mol. The van der Waals surface area contributed by atoms with Crippen molar-refractivity contribution in [2.75, 3.05) is 12.3 Å². The summed E-state index contributed by atoms with van der Waals surface area (Å²) < 4.78 is 1.83. The minimum absolute atomic E-state index is 0.643. The van der Waals surface area contributed by atoms with E-state index in [0.29, 0.717) is 6.04 Å². The van der Waals surface area contributed by atoms with Crippen LogP contribution < -0.4 is 5.32 Å². The van der Waals surface area contributed by atoms with Gasteiger partial charge < -0.3 is 5.32 Å². The third-order valence-corrected chi connectivity index (χ3v) is 3.61. The third-order valence-electron chi connectivity index (χ3n) is 2.49. The largest absolute Gasteiger partial charge is 0.315 e. The predicted molar refractivity (Wildman–Crippen MR) is 68.7 cm³/mol. The van der Waals surface area contributed by atoms with Gasteiger partial charge in [0.1, 0.15) is 6.33 Å². The first-order valence-corrected chi connectivity index (χ1v) is 6.92. The first kappa shape index (κ1) is 13.5. The fourth-order valence-corrected chi connectivity index (χ4v) is 2.47. The number of hydrogen-bond donors (Lipinski definition) is 1. The van der Waals surface area contributed by atoms with Crippen LogP contribution in [0, 0.1) is 0 Å². The Morgan fingerprint density at radius 1 is 1.50 bits per heavy atom. The normalized spacial score (nSPS) is 12.9. The lowest BCUT2D eigenvalue weighted by molar-refractivity contribution is 0.510. The fraction of sp³-hybridized carbons (Fsp3) is 0.818. The maximum absolute atomic E-state index is 4.18. The van der Waals surface area contributed by atoms with Crippen LogP contribution in [-0.4, -0.2) is 33.1 Å². The molecule has 0 amide bonds. The number of rotatable bonds is 8. The highest BCUT2D eigenvalue weighted by Crippen LogP contribution is 2.15. The Morgan fingerprint density at radius 2 is 2.31 bits per heavy atom. The predicted octanol–water partition coefficient (Wildman–Crippen LogP) is 2.08. The molecule has 1 rings (SSSR count). The highest BCUT2D eigenvalue weighted by atomic mass is 32.2. The summed E-state index contributed by atoms with van der Waals surface area (Å²) in [6, 6.07) is 0.643. The number of nitrogens with one attached hydrogen (secondary N) is 1.